The Labute approximate surface area is 82.9 Å². The Morgan fingerprint density at radius 3 is 2.64 bits per heavy atom. The van der Waals surface area contributed by atoms with Crippen LogP contribution < -0.4 is 5.73 Å². The van der Waals surface area contributed by atoms with E-state index in [1.54, 1.807) is 18.2 Å². The van der Waals surface area contributed by atoms with Crippen molar-refractivity contribution in [1.82, 2.24) is 0 Å². The quantitative estimate of drug-likeness (QED) is 0.787. The lowest BCUT2D eigenvalue weighted by Crippen LogP contribution is -2.10. The summed E-state index contributed by atoms with van der Waals surface area (Å²) in [5, 5.41) is 0.557. The molecular formula is C7H5ClINO. The predicted octanol–water partition coefficient (Wildman–Crippen LogP) is 2.04. The molecule has 1 aromatic rings. The van der Waals surface area contributed by atoms with Gasteiger partial charge in [0, 0.05) is 9.13 Å². The number of nitrogens with two attached hydrogens (primary N) is 1. The highest BCUT2D eigenvalue weighted by Gasteiger charge is 2.02. The number of benzene rings is 1. The van der Waals surface area contributed by atoms with Crippen molar-refractivity contribution in [2.75, 3.05) is 0 Å². The summed E-state index contributed by atoms with van der Waals surface area (Å²) in [6.45, 7) is 0. The van der Waals surface area contributed by atoms with Gasteiger partial charge in [-0.3, -0.25) is 4.79 Å². The molecule has 0 saturated heterocycles. The molecule has 0 spiro atoms. The fourth-order valence-electron chi connectivity index (χ4n) is 0.649. The van der Waals surface area contributed by atoms with Crippen LogP contribution in [-0.2, 0) is 0 Å². The minimum atomic E-state index is -0.455. The largest absolute Gasteiger partial charge is 0.366 e. The first-order valence-electron chi connectivity index (χ1n) is 2.86. The van der Waals surface area contributed by atoms with Gasteiger partial charge in [0.2, 0.25) is 5.91 Å². The monoisotopic (exact) mass is 281 g/mol. The molecule has 58 valence electrons. The molecule has 4 heteroatoms. The number of hydrogen-bond acceptors (Lipinski definition) is 1. The van der Waals surface area contributed by atoms with Crippen LogP contribution in [0.25, 0.3) is 0 Å². The van der Waals surface area contributed by atoms with Crippen molar-refractivity contribution < 1.29 is 4.79 Å². The van der Waals surface area contributed by atoms with Gasteiger partial charge < -0.3 is 5.73 Å². The lowest BCUT2D eigenvalue weighted by Gasteiger charge is -1.97. The molecule has 11 heavy (non-hydrogen) atoms. The Bertz CT molecular complexity index is 300. The maximum absolute atomic E-state index is 10.6. The third kappa shape index (κ3) is 2.07. The van der Waals surface area contributed by atoms with Gasteiger partial charge in [-0.25, -0.2) is 0 Å². The van der Waals surface area contributed by atoms with Gasteiger partial charge in [-0.15, -0.1) is 0 Å². The Balaban J connectivity index is 3.15. The molecular weight excluding hydrogens is 276 g/mol. The van der Waals surface area contributed by atoms with Crippen molar-refractivity contribution >= 4 is 40.1 Å². The van der Waals surface area contributed by atoms with E-state index >= 15 is 0 Å². The number of hydrogen-bond donors (Lipinski definition) is 1. The highest BCUT2D eigenvalue weighted by molar-refractivity contribution is 14.1. The van der Waals surface area contributed by atoms with Crippen LogP contribution in [0.1, 0.15) is 10.4 Å². The molecule has 0 aromatic heterocycles. The SMILES string of the molecule is NC(=O)c1ccc(I)c(Cl)c1. The third-order valence-electron chi connectivity index (χ3n) is 1.20. The number of rotatable bonds is 1. The summed E-state index contributed by atoms with van der Waals surface area (Å²) in [4.78, 5) is 10.6. The molecule has 0 atom stereocenters. The lowest BCUT2D eigenvalue weighted by molar-refractivity contribution is 0.100. The average Bonchev–Trinajstić information content (AvgIpc) is 1.94. The Morgan fingerprint density at radius 1 is 1.55 bits per heavy atom. The van der Waals surface area contributed by atoms with Crippen molar-refractivity contribution in [2.24, 2.45) is 5.73 Å². The van der Waals surface area contributed by atoms with E-state index in [4.69, 9.17) is 17.3 Å². The van der Waals surface area contributed by atoms with Crippen molar-refractivity contribution in [3.8, 4) is 0 Å². The zero-order valence-corrected chi connectivity index (χ0v) is 8.39. The Morgan fingerprint density at radius 2 is 2.18 bits per heavy atom. The van der Waals surface area contributed by atoms with Crippen LogP contribution in [-0.4, -0.2) is 5.91 Å². The summed E-state index contributed by atoms with van der Waals surface area (Å²) >= 11 is 7.82. The smallest absolute Gasteiger partial charge is 0.248 e. The summed E-state index contributed by atoms with van der Waals surface area (Å²) in [5.41, 5.74) is 5.47. The van der Waals surface area contributed by atoms with E-state index in [2.05, 4.69) is 22.6 Å². The molecule has 0 heterocycles. The first-order valence-corrected chi connectivity index (χ1v) is 4.32. The standard InChI is InChI=1S/C7H5ClINO/c8-5-3-4(7(10)11)1-2-6(5)9/h1-3H,(H2,10,11). The van der Waals surface area contributed by atoms with Gasteiger partial charge in [0.05, 0.1) is 5.02 Å². The van der Waals surface area contributed by atoms with Gasteiger partial charge in [0.1, 0.15) is 0 Å². The van der Waals surface area contributed by atoms with Crippen LogP contribution in [0.4, 0.5) is 0 Å². The van der Waals surface area contributed by atoms with E-state index < -0.39 is 5.91 Å². The number of amides is 1. The van der Waals surface area contributed by atoms with Gasteiger partial charge in [-0.05, 0) is 40.8 Å². The zero-order valence-electron chi connectivity index (χ0n) is 5.47. The summed E-state index contributed by atoms with van der Waals surface area (Å²) in [6, 6.07) is 4.96. The van der Waals surface area contributed by atoms with E-state index in [9.17, 15) is 4.79 Å². The lowest BCUT2D eigenvalue weighted by atomic mass is 10.2. The molecule has 0 unspecified atom stereocenters. The van der Waals surface area contributed by atoms with Gasteiger partial charge >= 0.3 is 0 Å². The molecule has 1 rings (SSSR count). The molecule has 0 bridgehead atoms. The van der Waals surface area contributed by atoms with E-state index in [0.717, 1.165) is 3.57 Å². The van der Waals surface area contributed by atoms with Crippen LogP contribution >= 0.6 is 34.2 Å². The summed E-state index contributed by atoms with van der Waals surface area (Å²) in [7, 11) is 0. The summed E-state index contributed by atoms with van der Waals surface area (Å²) in [6.07, 6.45) is 0. The van der Waals surface area contributed by atoms with Crippen molar-refractivity contribution in [3.05, 3.63) is 32.4 Å². The van der Waals surface area contributed by atoms with Crippen LogP contribution in [0.15, 0.2) is 18.2 Å². The second kappa shape index (κ2) is 3.40. The topological polar surface area (TPSA) is 43.1 Å². The maximum Gasteiger partial charge on any atom is 0.248 e. The minimum Gasteiger partial charge on any atom is -0.366 e. The van der Waals surface area contributed by atoms with E-state index in [1.165, 1.54) is 0 Å². The molecule has 0 radical (unpaired) electrons. The normalized spacial score (nSPS) is 9.64. The van der Waals surface area contributed by atoms with Crippen LogP contribution in [0, 0.1) is 3.57 Å². The average molecular weight is 281 g/mol. The first kappa shape index (κ1) is 8.80. The van der Waals surface area contributed by atoms with E-state index in [-0.39, 0.29) is 0 Å². The van der Waals surface area contributed by atoms with Crippen LogP contribution in [0.5, 0.6) is 0 Å². The number of carbonyl (C=O) groups excluding carboxylic acids is 1. The second-order valence-corrected chi connectivity index (χ2v) is 3.56. The van der Waals surface area contributed by atoms with Gasteiger partial charge in [0.15, 0.2) is 0 Å². The second-order valence-electron chi connectivity index (χ2n) is 1.99. The highest BCUT2D eigenvalue weighted by Crippen LogP contribution is 2.18. The van der Waals surface area contributed by atoms with Crippen LogP contribution in [0.3, 0.4) is 0 Å². The molecule has 1 aromatic carbocycles. The molecule has 2 N–H and O–H groups in total. The fraction of sp³-hybridized carbons (Fsp3) is 0. The molecule has 0 aliphatic rings. The summed E-state index contributed by atoms with van der Waals surface area (Å²) in [5.74, 6) is -0.455. The van der Waals surface area contributed by atoms with Crippen molar-refractivity contribution in [1.29, 1.82) is 0 Å². The minimum absolute atomic E-state index is 0.440. The molecule has 0 fully saturated rings. The zero-order chi connectivity index (χ0) is 8.43. The number of carbonyl (C=O) groups is 1. The van der Waals surface area contributed by atoms with Crippen LogP contribution in [0.2, 0.25) is 5.02 Å². The van der Waals surface area contributed by atoms with Crippen molar-refractivity contribution in [3.63, 3.8) is 0 Å². The molecule has 0 aliphatic heterocycles. The molecule has 1 amide bonds. The maximum atomic E-state index is 10.6. The Hall–Kier alpha value is -0.290. The number of primary amides is 1. The highest BCUT2D eigenvalue weighted by atomic mass is 127. The fourth-order valence-corrected chi connectivity index (χ4v) is 1.17. The van der Waals surface area contributed by atoms with E-state index in [0.29, 0.717) is 10.6 Å². The Kier molecular flexibility index (Phi) is 2.72. The first-order chi connectivity index (χ1) is 5.11. The molecule has 0 saturated carbocycles. The van der Waals surface area contributed by atoms with E-state index in [1.807, 2.05) is 0 Å². The molecule has 2 nitrogen and oxygen atoms in total. The van der Waals surface area contributed by atoms with Gasteiger partial charge in [-0.1, -0.05) is 11.6 Å². The number of halogens is 2. The van der Waals surface area contributed by atoms with Gasteiger partial charge in [-0.2, -0.15) is 0 Å². The summed E-state index contributed by atoms with van der Waals surface area (Å²) < 4.78 is 0.911. The van der Waals surface area contributed by atoms with Crippen molar-refractivity contribution in [2.45, 2.75) is 0 Å². The molecule has 0 aliphatic carbocycles. The predicted molar refractivity (Wildman–Crippen MR) is 52.7 cm³/mol. The van der Waals surface area contributed by atoms with Gasteiger partial charge in [0.25, 0.3) is 0 Å². The third-order valence-corrected chi connectivity index (χ3v) is 2.78.